The highest BCUT2D eigenvalue weighted by Crippen LogP contribution is 2.36. The van der Waals surface area contributed by atoms with E-state index >= 15 is 0 Å². The van der Waals surface area contributed by atoms with Crippen molar-refractivity contribution in [2.24, 2.45) is 0 Å². The molecule has 2 fully saturated rings. The first kappa shape index (κ1) is 18.5. The van der Waals surface area contributed by atoms with Crippen LogP contribution < -0.4 is 10.1 Å². The van der Waals surface area contributed by atoms with Crippen LogP contribution in [-0.4, -0.2) is 36.0 Å². The fourth-order valence-electron chi connectivity index (χ4n) is 4.26. The van der Waals surface area contributed by atoms with Crippen LogP contribution in [0.3, 0.4) is 0 Å². The molecule has 1 N–H and O–H groups in total. The molecule has 0 aliphatic carbocycles. The van der Waals surface area contributed by atoms with Crippen molar-refractivity contribution in [1.29, 1.82) is 0 Å². The highest BCUT2D eigenvalue weighted by atomic mass is 79.9. The van der Waals surface area contributed by atoms with Crippen molar-refractivity contribution in [2.75, 3.05) is 7.05 Å². The Morgan fingerprint density at radius 2 is 1.85 bits per heavy atom. The van der Waals surface area contributed by atoms with Crippen LogP contribution >= 0.6 is 15.9 Å². The number of hydrogen-bond donors (Lipinski definition) is 1. The number of rotatable bonds is 5. The zero-order valence-corrected chi connectivity index (χ0v) is 17.1. The molecule has 27 heavy (non-hydrogen) atoms. The Bertz CT molecular complexity index is 794. The molecule has 2 aromatic carbocycles. The molecule has 2 aliphatic heterocycles. The van der Waals surface area contributed by atoms with Crippen molar-refractivity contribution in [3.63, 3.8) is 0 Å². The van der Waals surface area contributed by atoms with Crippen LogP contribution in [0.15, 0.2) is 53.0 Å². The molecule has 2 heterocycles. The lowest BCUT2D eigenvalue weighted by Gasteiger charge is -2.36. The third-order valence-electron chi connectivity index (χ3n) is 5.82. The molecule has 3 atom stereocenters. The third kappa shape index (κ3) is 4.36. The number of carbonyl (C=O) groups excluding carboxylic acids is 1. The summed E-state index contributed by atoms with van der Waals surface area (Å²) in [6.45, 7) is 0.491. The highest BCUT2D eigenvalue weighted by molar-refractivity contribution is 9.10. The Morgan fingerprint density at radius 3 is 2.56 bits per heavy atom. The second-order valence-corrected chi connectivity index (χ2v) is 8.51. The zero-order valence-electron chi connectivity index (χ0n) is 15.5. The van der Waals surface area contributed by atoms with Crippen LogP contribution in [0.1, 0.15) is 41.6 Å². The number of nitrogens with zero attached hydrogens (tertiary/aromatic N) is 1. The van der Waals surface area contributed by atoms with Crippen LogP contribution in [0.2, 0.25) is 0 Å². The van der Waals surface area contributed by atoms with E-state index in [1.165, 1.54) is 12.8 Å². The predicted octanol–water partition coefficient (Wildman–Crippen LogP) is 4.38. The van der Waals surface area contributed by atoms with Gasteiger partial charge >= 0.3 is 0 Å². The number of benzene rings is 2. The quantitative estimate of drug-likeness (QED) is 0.767. The third-order valence-corrected chi connectivity index (χ3v) is 6.34. The van der Waals surface area contributed by atoms with Crippen molar-refractivity contribution in [3.8, 4) is 5.75 Å². The predicted molar refractivity (Wildman–Crippen MR) is 110 cm³/mol. The van der Waals surface area contributed by atoms with E-state index in [0.717, 1.165) is 28.6 Å². The minimum Gasteiger partial charge on any atom is -0.490 e. The average molecular weight is 429 g/mol. The molecule has 1 unspecified atom stereocenters. The van der Waals surface area contributed by atoms with Gasteiger partial charge in [0.15, 0.2) is 0 Å². The summed E-state index contributed by atoms with van der Waals surface area (Å²) in [5.41, 5.74) is 1.71. The summed E-state index contributed by atoms with van der Waals surface area (Å²) >= 11 is 3.39. The van der Waals surface area contributed by atoms with Gasteiger partial charge in [0.25, 0.3) is 5.91 Å². The minimum atomic E-state index is -0.0688. The molecule has 1 amide bonds. The SMILES string of the molecule is CN1[C@@H]2CC[C@H]1CC(Oc1cccc(CNC(=O)c3ccc(Br)cc3)c1)C2. The van der Waals surface area contributed by atoms with Gasteiger partial charge in [-0.1, -0.05) is 28.1 Å². The average Bonchev–Trinajstić information content (AvgIpc) is 2.88. The summed E-state index contributed by atoms with van der Waals surface area (Å²) in [4.78, 5) is 14.8. The fourth-order valence-corrected chi connectivity index (χ4v) is 4.53. The minimum absolute atomic E-state index is 0.0688. The second kappa shape index (κ2) is 8.03. The topological polar surface area (TPSA) is 41.6 Å². The molecule has 2 saturated heterocycles. The van der Waals surface area contributed by atoms with Crippen LogP contribution in [0, 0.1) is 0 Å². The molecule has 2 aromatic rings. The smallest absolute Gasteiger partial charge is 0.251 e. The van der Waals surface area contributed by atoms with E-state index in [0.29, 0.717) is 30.3 Å². The maximum absolute atomic E-state index is 12.3. The van der Waals surface area contributed by atoms with E-state index in [9.17, 15) is 4.79 Å². The summed E-state index contributed by atoms with van der Waals surface area (Å²) in [5, 5.41) is 2.98. The van der Waals surface area contributed by atoms with Gasteiger partial charge in [-0.2, -0.15) is 0 Å². The number of halogens is 1. The number of piperidine rings is 1. The van der Waals surface area contributed by atoms with Crippen molar-refractivity contribution < 1.29 is 9.53 Å². The molecule has 5 heteroatoms. The monoisotopic (exact) mass is 428 g/mol. The van der Waals surface area contributed by atoms with Crippen LogP contribution in [0.4, 0.5) is 0 Å². The van der Waals surface area contributed by atoms with Crippen LogP contribution in [0.25, 0.3) is 0 Å². The standard InChI is InChI=1S/C22H25BrN2O2/c1-25-18-9-10-19(25)13-21(12-18)27-20-4-2-3-15(11-20)14-24-22(26)16-5-7-17(23)8-6-16/h2-8,11,18-19,21H,9-10,12-14H2,1H3,(H,24,26)/t18-,19+,21?. The van der Waals surface area contributed by atoms with E-state index in [-0.39, 0.29) is 5.91 Å². The van der Waals surface area contributed by atoms with Crippen molar-refractivity contribution >= 4 is 21.8 Å². The van der Waals surface area contributed by atoms with Crippen LogP contribution in [-0.2, 0) is 6.54 Å². The van der Waals surface area contributed by atoms with Crippen LogP contribution in [0.5, 0.6) is 5.75 Å². The number of nitrogens with one attached hydrogen (secondary N) is 1. The number of hydrogen-bond acceptors (Lipinski definition) is 3. The summed E-state index contributed by atoms with van der Waals surface area (Å²) in [7, 11) is 2.24. The molecule has 0 radical (unpaired) electrons. The first-order valence-corrected chi connectivity index (χ1v) is 10.4. The van der Waals surface area contributed by atoms with Crippen molar-refractivity contribution in [1.82, 2.24) is 10.2 Å². The highest BCUT2D eigenvalue weighted by Gasteiger charge is 2.39. The summed E-state index contributed by atoms with van der Waals surface area (Å²) in [6.07, 6.45) is 5.10. The lowest BCUT2D eigenvalue weighted by Crippen LogP contribution is -2.43. The Labute approximate surface area is 169 Å². The summed E-state index contributed by atoms with van der Waals surface area (Å²) < 4.78 is 7.25. The van der Waals surface area contributed by atoms with Gasteiger partial charge in [-0.15, -0.1) is 0 Å². The Kier molecular flexibility index (Phi) is 5.50. The maximum Gasteiger partial charge on any atom is 0.251 e. The van der Waals surface area contributed by atoms with E-state index in [1.54, 1.807) is 0 Å². The number of ether oxygens (including phenoxy) is 1. The lowest BCUT2D eigenvalue weighted by atomic mass is 10.0. The molecular weight excluding hydrogens is 404 g/mol. The zero-order chi connectivity index (χ0) is 18.8. The Morgan fingerprint density at radius 1 is 1.15 bits per heavy atom. The lowest BCUT2D eigenvalue weighted by molar-refractivity contribution is 0.0661. The molecule has 0 aromatic heterocycles. The number of fused-ring (bicyclic) bond motifs is 2. The van der Waals surface area contributed by atoms with Gasteiger partial charge in [-0.3, -0.25) is 4.79 Å². The Balaban J connectivity index is 1.34. The van der Waals surface area contributed by atoms with E-state index in [2.05, 4.69) is 33.2 Å². The van der Waals surface area contributed by atoms with Gasteiger partial charge in [0, 0.05) is 28.7 Å². The molecule has 4 nitrogen and oxygen atoms in total. The van der Waals surface area contributed by atoms with Gasteiger partial charge in [-0.05, 0) is 74.7 Å². The molecule has 2 aliphatic rings. The first-order valence-electron chi connectivity index (χ1n) is 9.60. The molecule has 2 bridgehead atoms. The first-order chi connectivity index (χ1) is 13.1. The molecule has 0 spiro atoms. The van der Waals surface area contributed by atoms with E-state index < -0.39 is 0 Å². The molecule has 0 saturated carbocycles. The van der Waals surface area contributed by atoms with Gasteiger partial charge in [0.2, 0.25) is 0 Å². The fraction of sp³-hybridized carbons (Fsp3) is 0.409. The molecular formula is C22H25BrN2O2. The van der Waals surface area contributed by atoms with Gasteiger partial charge < -0.3 is 15.0 Å². The summed E-state index contributed by atoms with van der Waals surface area (Å²) in [5.74, 6) is 0.833. The number of amides is 1. The maximum atomic E-state index is 12.3. The number of carbonyl (C=O) groups is 1. The van der Waals surface area contributed by atoms with Gasteiger partial charge in [0.1, 0.15) is 11.9 Å². The molecule has 142 valence electrons. The summed E-state index contributed by atoms with van der Waals surface area (Å²) in [6, 6.07) is 16.8. The molecule has 4 rings (SSSR count). The van der Waals surface area contributed by atoms with Crippen molar-refractivity contribution in [2.45, 2.75) is 50.4 Å². The second-order valence-electron chi connectivity index (χ2n) is 7.60. The van der Waals surface area contributed by atoms with Gasteiger partial charge in [-0.25, -0.2) is 0 Å². The Hall–Kier alpha value is -1.85. The van der Waals surface area contributed by atoms with Crippen molar-refractivity contribution in [3.05, 3.63) is 64.1 Å². The van der Waals surface area contributed by atoms with Gasteiger partial charge in [0.05, 0.1) is 0 Å². The largest absolute Gasteiger partial charge is 0.490 e. The van der Waals surface area contributed by atoms with E-state index in [4.69, 9.17) is 4.74 Å². The van der Waals surface area contributed by atoms with E-state index in [1.807, 2.05) is 48.5 Å². The normalized spacial score (nSPS) is 24.6.